The van der Waals surface area contributed by atoms with Gasteiger partial charge in [0.15, 0.2) is 18.1 Å². The van der Waals surface area contributed by atoms with Gasteiger partial charge in [0.1, 0.15) is 6.54 Å². The topological polar surface area (TPSA) is 120 Å². The summed E-state index contributed by atoms with van der Waals surface area (Å²) in [6, 6.07) is 8.80. The van der Waals surface area contributed by atoms with Crippen LogP contribution in [0, 0.1) is 0 Å². The van der Waals surface area contributed by atoms with Crippen molar-refractivity contribution >= 4 is 50.8 Å². The molecule has 3 rings (SSSR count). The molecule has 2 aromatic rings. The summed E-state index contributed by atoms with van der Waals surface area (Å²) in [5.41, 5.74) is 0.182. The minimum Gasteiger partial charge on any atom is -0.490 e. The Bertz CT molecular complexity index is 1070. The van der Waals surface area contributed by atoms with Crippen molar-refractivity contribution in [1.82, 2.24) is 4.72 Å². The number of carbonyl (C=O) groups is 2. The molecular weight excluding hydrogens is 471 g/mol. The van der Waals surface area contributed by atoms with Crippen LogP contribution in [0.4, 0.5) is 5.69 Å². The molecule has 0 atom stereocenters. The highest BCUT2D eigenvalue weighted by atomic mass is 35.5. The molecule has 1 amide bonds. The number of amides is 1. The van der Waals surface area contributed by atoms with Gasteiger partial charge in [0, 0.05) is 12.5 Å². The van der Waals surface area contributed by atoms with Crippen LogP contribution in [0.1, 0.15) is 6.42 Å². The molecular formula is C19H18Cl2N2O7S. The lowest BCUT2D eigenvalue weighted by atomic mass is 10.3. The summed E-state index contributed by atoms with van der Waals surface area (Å²) in [5, 5.41) is 2.86. The first-order chi connectivity index (χ1) is 14.8. The van der Waals surface area contributed by atoms with Gasteiger partial charge in [0.05, 0.1) is 33.8 Å². The monoisotopic (exact) mass is 488 g/mol. The van der Waals surface area contributed by atoms with Gasteiger partial charge in [-0.25, -0.2) is 8.42 Å². The number of hydrogen-bond acceptors (Lipinski definition) is 7. The van der Waals surface area contributed by atoms with Crippen LogP contribution in [0.15, 0.2) is 41.3 Å². The molecule has 1 heterocycles. The van der Waals surface area contributed by atoms with E-state index < -0.39 is 35.1 Å². The number of nitrogens with one attached hydrogen (secondary N) is 2. The lowest BCUT2D eigenvalue weighted by molar-refractivity contribution is -0.146. The van der Waals surface area contributed by atoms with E-state index in [0.29, 0.717) is 31.1 Å². The fourth-order valence-corrected chi connectivity index (χ4v) is 4.01. The summed E-state index contributed by atoms with van der Waals surface area (Å²) in [4.78, 5) is 23.7. The van der Waals surface area contributed by atoms with Crippen LogP contribution in [-0.2, 0) is 24.3 Å². The minimum absolute atomic E-state index is 0.101. The normalized spacial score (nSPS) is 13.2. The third kappa shape index (κ3) is 6.23. The van der Waals surface area contributed by atoms with Gasteiger partial charge in [-0.3, -0.25) is 9.59 Å². The van der Waals surface area contributed by atoms with Gasteiger partial charge in [0.25, 0.3) is 5.91 Å². The summed E-state index contributed by atoms with van der Waals surface area (Å²) < 4.78 is 42.7. The quantitative estimate of drug-likeness (QED) is 0.574. The molecule has 0 aliphatic carbocycles. The molecule has 1 aliphatic rings. The Morgan fingerprint density at radius 1 is 1.03 bits per heavy atom. The third-order valence-corrected chi connectivity index (χ3v) is 6.06. The van der Waals surface area contributed by atoms with Crippen molar-refractivity contribution < 1.29 is 32.2 Å². The molecule has 2 aromatic carbocycles. The van der Waals surface area contributed by atoms with E-state index in [1.165, 1.54) is 30.3 Å². The Balaban J connectivity index is 1.52. The Morgan fingerprint density at radius 2 is 1.71 bits per heavy atom. The Hall–Kier alpha value is -2.53. The molecule has 0 radical (unpaired) electrons. The second-order valence-electron chi connectivity index (χ2n) is 6.29. The molecule has 0 saturated heterocycles. The SMILES string of the molecule is O=C(COC(=O)CNS(=O)(=O)c1ccc2c(c1)OCCCO2)Nc1c(Cl)cccc1Cl. The van der Waals surface area contributed by atoms with Crippen molar-refractivity contribution in [1.29, 1.82) is 0 Å². The van der Waals surface area contributed by atoms with Gasteiger partial charge < -0.3 is 19.5 Å². The lowest BCUT2D eigenvalue weighted by Gasteiger charge is -2.11. The fraction of sp³-hybridized carbons (Fsp3) is 0.263. The Morgan fingerprint density at radius 3 is 2.42 bits per heavy atom. The van der Waals surface area contributed by atoms with Crippen molar-refractivity contribution in [3.05, 3.63) is 46.4 Å². The number of halogens is 2. The van der Waals surface area contributed by atoms with E-state index in [9.17, 15) is 18.0 Å². The highest BCUT2D eigenvalue weighted by Crippen LogP contribution is 2.32. The zero-order valence-corrected chi connectivity index (χ0v) is 18.3. The van der Waals surface area contributed by atoms with E-state index in [-0.39, 0.29) is 20.6 Å². The van der Waals surface area contributed by atoms with Gasteiger partial charge >= 0.3 is 5.97 Å². The molecule has 9 nitrogen and oxygen atoms in total. The van der Waals surface area contributed by atoms with Crippen molar-refractivity contribution in [2.45, 2.75) is 11.3 Å². The number of ether oxygens (including phenoxy) is 3. The number of anilines is 1. The summed E-state index contributed by atoms with van der Waals surface area (Å²) in [7, 11) is -4.02. The fourth-order valence-electron chi connectivity index (χ4n) is 2.54. The minimum atomic E-state index is -4.02. The molecule has 0 saturated carbocycles. The number of sulfonamides is 1. The van der Waals surface area contributed by atoms with Crippen LogP contribution < -0.4 is 19.5 Å². The zero-order valence-electron chi connectivity index (χ0n) is 16.0. The number of rotatable bonds is 7. The zero-order chi connectivity index (χ0) is 22.4. The van der Waals surface area contributed by atoms with Crippen LogP contribution >= 0.6 is 23.2 Å². The van der Waals surface area contributed by atoms with Crippen molar-refractivity contribution in [2.24, 2.45) is 0 Å². The molecule has 1 aliphatic heterocycles. The van der Waals surface area contributed by atoms with E-state index in [4.69, 9.17) is 37.4 Å². The second kappa shape index (κ2) is 10.2. The maximum absolute atomic E-state index is 12.4. The van der Waals surface area contributed by atoms with Crippen molar-refractivity contribution in [3.8, 4) is 11.5 Å². The average Bonchev–Trinajstić information content (AvgIpc) is 2.98. The smallest absolute Gasteiger partial charge is 0.321 e. The van der Waals surface area contributed by atoms with Crippen LogP contribution in [0.2, 0.25) is 10.0 Å². The number of para-hydroxylation sites is 1. The summed E-state index contributed by atoms with van der Waals surface area (Å²) in [5.74, 6) is -0.884. The maximum atomic E-state index is 12.4. The number of carbonyl (C=O) groups excluding carboxylic acids is 2. The average molecular weight is 489 g/mol. The molecule has 12 heteroatoms. The number of benzene rings is 2. The lowest BCUT2D eigenvalue weighted by Crippen LogP contribution is -2.32. The Labute approximate surface area is 188 Å². The highest BCUT2D eigenvalue weighted by Gasteiger charge is 2.20. The van der Waals surface area contributed by atoms with Crippen LogP contribution in [0.5, 0.6) is 11.5 Å². The van der Waals surface area contributed by atoms with Crippen molar-refractivity contribution in [3.63, 3.8) is 0 Å². The van der Waals surface area contributed by atoms with E-state index >= 15 is 0 Å². The molecule has 2 N–H and O–H groups in total. The first kappa shape index (κ1) is 23.1. The molecule has 0 unspecified atom stereocenters. The van der Waals surface area contributed by atoms with Crippen LogP contribution in [0.3, 0.4) is 0 Å². The van der Waals surface area contributed by atoms with Crippen LogP contribution in [0.25, 0.3) is 0 Å². The maximum Gasteiger partial charge on any atom is 0.321 e. The summed E-state index contributed by atoms with van der Waals surface area (Å²) in [6.07, 6.45) is 0.678. The van der Waals surface area contributed by atoms with E-state index in [1.807, 2.05) is 0 Å². The molecule has 31 heavy (non-hydrogen) atoms. The number of esters is 1. The number of fused-ring (bicyclic) bond motifs is 1. The first-order valence-corrected chi connectivity index (χ1v) is 11.3. The standard InChI is InChI=1S/C19H18Cl2N2O7S/c20-13-3-1-4-14(21)19(13)23-17(24)11-30-18(25)10-22-31(26,27)12-5-6-15-16(9-12)29-8-2-7-28-15/h1,3-6,9,22H,2,7-8,10-11H2,(H,23,24). The summed E-state index contributed by atoms with van der Waals surface area (Å²) in [6.45, 7) is -0.444. The summed E-state index contributed by atoms with van der Waals surface area (Å²) >= 11 is 11.9. The Kier molecular flexibility index (Phi) is 7.60. The predicted octanol–water partition coefficient (Wildman–Crippen LogP) is 2.61. The van der Waals surface area contributed by atoms with Gasteiger partial charge in [-0.1, -0.05) is 29.3 Å². The van der Waals surface area contributed by atoms with Gasteiger partial charge in [-0.05, 0) is 24.3 Å². The van der Waals surface area contributed by atoms with E-state index in [2.05, 4.69) is 10.0 Å². The van der Waals surface area contributed by atoms with Gasteiger partial charge in [-0.15, -0.1) is 0 Å². The largest absolute Gasteiger partial charge is 0.490 e. The molecule has 166 valence electrons. The molecule has 0 spiro atoms. The third-order valence-electron chi connectivity index (χ3n) is 4.03. The molecule has 0 aromatic heterocycles. The van der Waals surface area contributed by atoms with Gasteiger partial charge in [-0.2, -0.15) is 4.72 Å². The second-order valence-corrected chi connectivity index (χ2v) is 8.87. The van der Waals surface area contributed by atoms with Gasteiger partial charge in [0.2, 0.25) is 10.0 Å². The molecule has 0 bridgehead atoms. The molecule has 0 fully saturated rings. The number of hydrogen-bond donors (Lipinski definition) is 2. The van der Waals surface area contributed by atoms with E-state index in [0.717, 1.165) is 0 Å². The van der Waals surface area contributed by atoms with E-state index in [1.54, 1.807) is 6.07 Å². The highest BCUT2D eigenvalue weighted by molar-refractivity contribution is 7.89. The first-order valence-electron chi connectivity index (χ1n) is 9.05. The predicted molar refractivity (Wildman–Crippen MR) is 113 cm³/mol. The van der Waals surface area contributed by atoms with Crippen molar-refractivity contribution in [2.75, 3.05) is 31.7 Å². The van der Waals surface area contributed by atoms with Crippen LogP contribution in [-0.4, -0.2) is 46.7 Å².